The monoisotopic (exact) mass is 168 g/mol. The van der Waals surface area contributed by atoms with Crippen LogP contribution in [-0.2, 0) is 4.79 Å². The number of hydrogen-bond donors (Lipinski definition) is 1. The normalized spacial score (nSPS) is 8.45. The zero-order chi connectivity index (χ0) is 7.98. The summed E-state index contributed by atoms with van der Waals surface area (Å²) in [4.78, 5) is 10.2. The highest BCUT2D eigenvalue weighted by Crippen LogP contribution is 2.06. The number of carboxylic acids is 1. The third-order valence-electron chi connectivity index (χ3n) is 1.38. The molecule has 0 aliphatic carbocycles. The van der Waals surface area contributed by atoms with Gasteiger partial charge < -0.3 is 5.11 Å². The number of aliphatic carboxylic acids is 1. The van der Waals surface area contributed by atoms with E-state index in [-0.39, 0.29) is 23.1 Å². The van der Waals surface area contributed by atoms with Crippen molar-refractivity contribution >= 4 is 29.0 Å². The number of carboxylic acid groups (broad SMARTS) is 1. The standard InChI is InChI=1S/C8H14O2.Mg.2H/c1-3-4-5-6-7(2)8(9)10;;;/h2-6H2,1H3,(H,9,10);;;. The third kappa shape index (κ3) is 7.88. The smallest absolute Gasteiger partial charge is 0.330 e. The lowest BCUT2D eigenvalue weighted by Crippen LogP contribution is -1.98. The van der Waals surface area contributed by atoms with Gasteiger partial charge in [-0.2, -0.15) is 0 Å². The van der Waals surface area contributed by atoms with Gasteiger partial charge in [-0.15, -0.1) is 0 Å². The molecule has 0 aromatic carbocycles. The number of unbranched alkanes of at least 4 members (excludes halogenated alkanes) is 2. The lowest BCUT2D eigenvalue weighted by Gasteiger charge is -1.97. The van der Waals surface area contributed by atoms with E-state index in [9.17, 15) is 4.79 Å². The Morgan fingerprint density at radius 2 is 2.00 bits per heavy atom. The Bertz CT molecular complexity index is 132. The molecule has 0 saturated heterocycles. The van der Waals surface area contributed by atoms with Gasteiger partial charge in [-0.3, -0.25) is 0 Å². The van der Waals surface area contributed by atoms with Crippen LogP contribution in [0.25, 0.3) is 0 Å². The molecule has 2 nitrogen and oxygen atoms in total. The predicted molar refractivity (Wildman–Crippen MR) is 49.5 cm³/mol. The maximum Gasteiger partial charge on any atom is 0.330 e. The van der Waals surface area contributed by atoms with E-state index < -0.39 is 5.97 Å². The molecule has 62 valence electrons. The Balaban J connectivity index is 0. The van der Waals surface area contributed by atoms with E-state index in [1.165, 1.54) is 0 Å². The highest BCUT2D eigenvalue weighted by Gasteiger charge is 2.01. The Labute approximate surface area is 83.8 Å². The van der Waals surface area contributed by atoms with E-state index in [1.807, 2.05) is 0 Å². The molecule has 0 unspecified atom stereocenters. The van der Waals surface area contributed by atoms with Crippen molar-refractivity contribution in [3.8, 4) is 0 Å². The molecule has 0 atom stereocenters. The summed E-state index contributed by atoms with van der Waals surface area (Å²) in [5.41, 5.74) is 0.327. The van der Waals surface area contributed by atoms with Gasteiger partial charge in [0.05, 0.1) is 0 Å². The molecule has 0 aliphatic heterocycles. The first-order valence-electron chi connectivity index (χ1n) is 3.59. The van der Waals surface area contributed by atoms with Gasteiger partial charge >= 0.3 is 29.0 Å². The van der Waals surface area contributed by atoms with E-state index in [0.29, 0.717) is 12.0 Å². The van der Waals surface area contributed by atoms with Crippen LogP contribution >= 0.6 is 0 Å². The molecule has 0 bridgehead atoms. The van der Waals surface area contributed by atoms with Crippen LogP contribution in [0.4, 0.5) is 0 Å². The van der Waals surface area contributed by atoms with Crippen molar-refractivity contribution in [2.45, 2.75) is 32.6 Å². The van der Waals surface area contributed by atoms with Crippen molar-refractivity contribution < 1.29 is 9.90 Å². The fraction of sp³-hybridized carbons (Fsp3) is 0.625. The van der Waals surface area contributed by atoms with Gasteiger partial charge in [0.15, 0.2) is 0 Å². The zero-order valence-electron chi connectivity index (χ0n) is 6.39. The molecule has 11 heavy (non-hydrogen) atoms. The second-order valence-electron chi connectivity index (χ2n) is 2.37. The van der Waals surface area contributed by atoms with Gasteiger partial charge in [-0.1, -0.05) is 26.3 Å². The second-order valence-corrected chi connectivity index (χ2v) is 2.37. The third-order valence-corrected chi connectivity index (χ3v) is 1.38. The molecule has 0 spiro atoms. The van der Waals surface area contributed by atoms with Crippen LogP contribution in [0.1, 0.15) is 32.6 Å². The first-order valence-corrected chi connectivity index (χ1v) is 3.59. The van der Waals surface area contributed by atoms with Crippen LogP contribution in [0.5, 0.6) is 0 Å². The van der Waals surface area contributed by atoms with E-state index >= 15 is 0 Å². The molecule has 0 aliphatic rings. The van der Waals surface area contributed by atoms with Crippen molar-refractivity contribution in [2.24, 2.45) is 0 Å². The van der Waals surface area contributed by atoms with Crippen LogP contribution in [0.2, 0.25) is 0 Å². The van der Waals surface area contributed by atoms with Crippen molar-refractivity contribution in [2.75, 3.05) is 0 Å². The van der Waals surface area contributed by atoms with Gasteiger partial charge in [0.25, 0.3) is 0 Å². The van der Waals surface area contributed by atoms with E-state index in [2.05, 4.69) is 13.5 Å². The van der Waals surface area contributed by atoms with Crippen molar-refractivity contribution in [1.82, 2.24) is 0 Å². The van der Waals surface area contributed by atoms with E-state index in [1.54, 1.807) is 0 Å². The summed E-state index contributed by atoms with van der Waals surface area (Å²) in [6.07, 6.45) is 3.78. The quantitative estimate of drug-likeness (QED) is 0.382. The summed E-state index contributed by atoms with van der Waals surface area (Å²) in [5.74, 6) is -0.865. The topological polar surface area (TPSA) is 37.3 Å². The first kappa shape index (κ1) is 13.6. The van der Waals surface area contributed by atoms with Crippen LogP contribution in [0.3, 0.4) is 0 Å². The molecule has 0 aromatic rings. The van der Waals surface area contributed by atoms with Gasteiger partial charge in [0, 0.05) is 5.57 Å². The first-order chi connectivity index (χ1) is 4.68. The summed E-state index contributed by atoms with van der Waals surface area (Å²) in [6, 6.07) is 0. The largest absolute Gasteiger partial charge is 0.478 e. The molecule has 0 radical (unpaired) electrons. The van der Waals surface area contributed by atoms with Crippen LogP contribution in [0, 0.1) is 0 Å². The van der Waals surface area contributed by atoms with Crippen LogP contribution in [-0.4, -0.2) is 34.1 Å². The molecule has 0 heterocycles. The zero-order valence-corrected chi connectivity index (χ0v) is 6.39. The molecular formula is C8H16MgO2. The molecular weight excluding hydrogens is 152 g/mol. The predicted octanol–water partition coefficient (Wildman–Crippen LogP) is 1.29. The lowest BCUT2D eigenvalue weighted by atomic mass is 10.1. The van der Waals surface area contributed by atoms with Crippen molar-refractivity contribution in [1.29, 1.82) is 0 Å². The Hall–Kier alpha value is -0.0238. The second kappa shape index (κ2) is 8.08. The summed E-state index contributed by atoms with van der Waals surface area (Å²) in [6.45, 7) is 5.51. The maximum absolute atomic E-state index is 10.2. The molecule has 3 heteroatoms. The van der Waals surface area contributed by atoms with E-state index in [0.717, 1.165) is 19.3 Å². The fourth-order valence-electron chi connectivity index (χ4n) is 0.695. The maximum atomic E-state index is 10.2. The Kier molecular flexibility index (Phi) is 9.95. The minimum Gasteiger partial charge on any atom is -0.478 e. The molecule has 0 fully saturated rings. The SMILES string of the molecule is C=C(CCCCC)C(=O)O.[MgH2]. The summed E-state index contributed by atoms with van der Waals surface area (Å²) in [5, 5.41) is 8.38. The summed E-state index contributed by atoms with van der Waals surface area (Å²) < 4.78 is 0. The molecule has 1 N–H and O–H groups in total. The van der Waals surface area contributed by atoms with Crippen molar-refractivity contribution in [3.63, 3.8) is 0 Å². The molecule has 0 aromatic heterocycles. The minimum absolute atomic E-state index is 0. The van der Waals surface area contributed by atoms with Gasteiger partial charge in [-0.05, 0) is 12.8 Å². The summed E-state index contributed by atoms with van der Waals surface area (Å²) in [7, 11) is 0. The van der Waals surface area contributed by atoms with Crippen LogP contribution in [0.15, 0.2) is 12.2 Å². The van der Waals surface area contributed by atoms with E-state index in [4.69, 9.17) is 5.11 Å². The minimum atomic E-state index is -0.865. The average molecular weight is 169 g/mol. The van der Waals surface area contributed by atoms with Gasteiger partial charge in [0.2, 0.25) is 0 Å². The average Bonchev–Trinajstić information content (AvgIpc) is 1.88. The molecule has 0 saturated carbocycles. The van der Waals surface area contributed by atoms with Crippen molar-refractivity contribution in [3.05, 3.63) is 12.2 Å². The molecule has 0 amide bonds. The molecule has 0 rings (SSSR count). The highest BCUT2D eigenvalue weighted by molar-refractivity contribution is 5.85. The summed E-state index contributed by atoms with van der Waals surface area (Å²) >= 11 is 0. The Morgan fingerprint density at radius 1 is 1.45 bits per heavy atom. The van der Waals surface area contributed by atoms with Gasteiger partial charge in [-0.25, -0.2) is 4.79 Å². The lowest BCUT2D eigenvalue weighted by molar-refractivity contribution is -0.132. The number of hydrogen-bond acceptors (Lipinski definition) is 1. The fourth-order valence-corrected chi connectivity index (χ4v) is 0.695. The number of rotatable bonds is 5. The van der Waals surface area contributed by atoms with Crippen LogP contribution < -0.4 is 0 Å². The number of carbonyl (C=O) groups is 1. The highest BCUT2D eigenvalue weighted by atomic mass is 24.3. The Morgan fingerprint density at radius 3 is 2.36 bits per heavy atom. The van der Waals surface area contributed by atoms with Gasteiger partial charge in [0.1, 0.15) is 0 Å².